The lowest BCUT2D eigenvalue weighted by Crippen LogP contribution is -2.19. The zero-order chi connectivity index (χ0) is 12.0. The summed E-state index contributed by atoms with van der Waals surface area (Å²) in [5.41, 5.74) is 1.29. The molecule has 0 fully saturated rings. The highest BCUT2D eigenvalue weighted by Gasteiger charge is 2.09. The number of para-hydroxylation sites is 1. The molecule has 2 nitrogen and oxygen atoms in total. The summed E-state index contributed by atoms with van der Waals surface area (Å²) in [6, 6.07) is 8.31. The fourth-order valence-corrected chi connectivity index (χ4v) is 1.69. The molecule has 2 heteroatoms. The number of benzene rings is 1. The molecule has 0 bridgehead atoms. The van der Waals surface area contributed by atoms with Gasteiger partial charge in [-0.1, -0.05) is 32.0 Å². The molecule has 0 spiro atoms. The van der Waals surface area contributed by atoms with Crippen LogP contribution in [0.4, 0.5) is 0 Å². The molecule has 0 radical (unpaired) electrons. The van der Waals surface area contributed by atoms with Crippen molar-refractivity contribution >= 4 is 0 Å². The third-order valence-corrected chi connectivity index (χ3v) is 2.67. The molecule has 16 heavy (non-hydrogen) atoms. The van der Waals surface area contributed by atoms with E-state index in [-0.39, 0.29) is 6.10 Å². The van der Waals surface area contributed by atoms with E-state index in [4.69, 9.17) is 4.74 Å². The van der Waals surface area contributed by atoms with Gasteiger partial charge in [-0.2, -0.15) is 0 Å². The first-order chi connectivity index (χ1) is 7.65. The molecule has 1 aromatic rings. The van der Waals surface area contributed by atoms with Crippen molar-refractivity contribution in [2.45, 2.75) is 39.2 Å². The van der Waals surface area contributed by atoms with Crippen LogP contribution in [0, 0.1) is 0 Å². The van der Waals surface area contributed by atoms with Crippen molar-refractivity contribution in [3.05, 3.63) is 29.8 Å². The Balaban J connectivity index is 2.65. The molecule has 0 aliphatic rings. The lowest BCUT2D eigenvalue weighted by atomic mass is 10.0. The van der Waals surface area contributed by atoms with Crippen molar-refractivity contribution in [2.75, 3.05) is 13.6 Å². The minimum atomic E-state index is 0.257. The second-order valence-corrected chi connectivity index (χ2v) is 4.51. The van der Waals surface area contributed by atoms with Gasteiger partial charge in [0.2, 0.25) is 0 Å². The van der Waals surface area contributed by atoms with E-state index < -0.39 is 0 Å². The van der Waals surface area contributed by atoms with Crippen molar-refractivity contribution < 1.29 is 4.74 Å². The van der Waals surface area contributed by atoms with Crippen molar-refractivity contribution in [3.8, 4) is 5.75 Å². The van der Waals surface area contributed by atoms with Gasteiger partial charge in [0.15, 0.2) is 0 Å². The lowest BCUT2D eigenvalue weighted by molar-refractivity contribution is 0.208. The first-order valence-corrected chi connectivity index (χ1v) is 6.05. The fraction of sp³-hybridized carbons (Fsp3) is 0.571. The Morgan fingerprint density at radius 1 is 1.19 bits per heavy atom. The molecule has 0 amide bonds. The van der Waals surface area contributed by atoms with E-state index in [1.54, 1.807) is 0 Å². The molecule has 1 aromatic carbocycles. The standard InChI is InChI=1S/C14H23NO/c1-11(2)13-7-5-6-8-14(13)16-12(3)9-10-15-4/h5-8,11-12,15H,9-10H2,1-4H3. The Morgan fingerprint density at radius 2 is 1.88 bits per heavy atom. The van der Waals surface area contributed by atoms with E-state index in [2.05, 4.69) is 44.3 Å². The summed E-state index contributed by atoms with van der Waals surface area (Å²) >= 11 is 0. The van der Waals surface area contributed by atoms with Gasteiger partial charge < -0.3 is 10.1 Å². The molecule has 0 heterocycles. The van der Waals surface area contributed by atoms with Crippen LogP contribution in [0.1, 0.15) is 38.7 Å². The summed E-state index contributed by atoms with van der Waals surface area (Å²) < 4.78 is 5.97. The molecule has 1 unspecified atom stereocenters. The van der Waals surface area contributed by atoms with E-state index >= 15 is 0 Å². The molecule has 0 aliphatic heterocycles. The van der Waals surface area contributed by atoms with Crippen LogP contribution in [-0.2, 0) is 0 Å². The first kappa shape index (κ1) is 13.0. The normalized spacial score (nSPS) is 12.8. The summed E-state index contributed by atoms with van der Waals surface area (Å²) in [6.45, 7) is 7.50. The van der Waals surface area contributed by atoms with Gasteiger partial charge in [0, 0.05) is 0 Å². The van der Waals surface area contributed by atoms with Crippen LogP contribution in [0.15, 0.2) is 24.3 Å². The van der Waals surface area contributed by atoms with E-state index in [1.165, 1.54) is 5.56 Å². The monoisotopic (exact) mass is 221 g/mol. The van der Waals surface area contributed by atoms with E-state index in [0.29, 0.717) is 5.92 Å². The van der Waals surface area contributed by atoms with Crippen molar-refractivity contribution in [1.29, 1.82) is 0 Å². The van der Waals surface area contributed by atoms with Gasteiger partial charge in [0.25, 0.3) is 0 Å². The topological polar surface area (TPSA) is 21.3 Å². The Kier molecular flexibility index (Phi) is 5.33. The van der Waals surface area contributed by atoms with Gasteiger partial charge in [0.1, 0.15) is 5.75 Å². The summed E-state index contributed by atoms with van der Waals surface area (Å²) in [5, 5.41) is 3.14. The summed E-state index contributed by atoms with van der Waals surface area (Å²) in [7, 11) is 1.97. The molecule has 1 N–H and O–H groups in total. The summed E-state index contributed by atoms with van der Waals surface area (Å²) in [4.78, 5) is 0. The van der Waals surface area contributed by atoms with E-state index in [9.17, 15) is 0 Å². The van der Waals surface area contributed by atoms with Gasteiger partial charge in [-0.05, 0) is 44.5 Å². The predicted octanol–water partition coefficient (Wildman–Crippen LogP) is 3.19. The van der Waals surface area contributed by atoms with Crippen LogP contribution in [-0.4, -0.2) is 19.7 Å². The quantitative estimate of drug-likeness (QED) is 0.796. The fourth-order valence-electron chi connectivity index (χ4n) is 1.69. The summed E-state index contributed by atoms with van der Waals surface area (Å²) in [5.74, 6) is 1.54. The molecule has 0 aromatic heterocycles. The highest BCUT2D eigenvalue weighted by Crippen LogP contribution is 2.26. The van der Waals surface area contributed by atoms with Crippen LogP contribution in [0.2, 0.25) is 0 Å². The SMILES string of the molecule is CNCCC(C)Oc1ccccc1C(C)C. The van der Waals surface area contributed by atoms with E-state index in [1.807, 2.05) is 13.1 Å². The maximum Gasteiger partial charge on any atom is 0.123 e. The minimum absolute atomic E-state index is 0.257. The van der Waals surface area contributed by atoms with Gasteiger partial charge >= 0.3 is 0 Å². The zero-order valence-electron chi connectivity index (χ0n) is 10.8. The molecule has 1 rings (SSSR count). The van der Waals surface area contributed by atoms with Crippen LogP contribution in [0.5, 0.6) is 5.75 Å². The maximum atomic E-state index is 5.97. The van der Waals surface area contributed by atoms with Crippen molar-refractivity contribution in [3.63, 3.8) is 0 Å². The molecular formula is C14H23NO. The van der Waals surface area contributed by atoms with Gasteiger partial charge in [-0.15, -0.1) is 0 Å². The average molecular weight is 221 g/mol. The molecule has 90 valence electrons. The molecule has 0 aliphatic carbocycles. The number of rotatable bonds is 6. The summed E-state index contributed by atoms with van der Waals surface area (Å²) in [6.07, 6.45) is 1.29. The Labute approximate surface area is 99.0 Å². The Hall–Kier alpha value is -1.02. The second kappa shape index (κ2) is 6.54. The third-order valence-electron chi connectivity index (χ3n) is 2.67. The molecule has 1 atom stereocenters. The molecule has 0 saturated carbocycles. The van der Waals surface area contributed by atoms with Gasteiger partial charge in [-0.25, -0.2) is 0 Å². The van der Waals surface area contributed by atoms with E-state index in [0.717, 1.165) is 18.7 Å². The van der Waals surface area contributed by atoms with Gasteiger partial charge in [-0.3, -0.25) is 0 Å². The first-order valence-electron chi connectivity index (χ1n) is 6.05. The van der Waals surface area contributed by atoms with Crippen molar-refractivity contribution in [2.24, 2.45) is 0 Å². The predicted molar refractivity (Wildman–Crippen MR) is 69.2 cm³/mol. The number of hydrogen-bond donors (Lipinski definition) is 1. The van der Waals surface area contributed by atoms with Gasteiger partial charge in [0.05, 0.1) is 6.10 Å². The zero-order valence-corrected chi connectivity index (χ0v) is 10.8. The highest BCUT2D eigenvalue weighted by atomic mass is 16.5. The number of hydrogen-bond acceptors (Lipinski definition) is 2. The van der Waals surface area contributed by atoms with Crippen LogP contribution in [0.3, 0.4) is 0 Å². The smallest absolute Gasteiger partial charge is 0.123 e. The number of nitrogens with one attached hydrogen (secondary N) is 1. The van der Waals surface area contributed by atoms with Crippen LogP contribution >= 0.6 is 0 Å². The minimum Gasteiger partial charge on any atom is -0.490 e. The van der Waals surface area contributed by atoms with Crippen LogP contribution < -0.4 is 10.1 Å². The third kappa shape index (κ3) is 3.86. The molecular weight excluding hydrogens is 198 g/mol. The highest BCUT2D eigenvalue weighted by molar-refractivity contribution is 5.35. The largest absolute Gasteiger partial charge is 0.490 e. The van der Waals surface area contributed by atoms with Crippen LogP contribution in [0.25, 0.3) is 0 Å². The van der Waals surface area contributed by atoms with Crippen molar-refractivity contribution in [1.82, 2.24) is 5.32 Å². The average Bonchev–Trinajstić information content (AvgIpc) is 2.27. The Bertz CT molecular complexity index is 309. The second-order valence-electron chi connectivity index (χ2n) is 4.51. The Morgan fingerprint density at radius 3 is 2.50 bits per heavy atom. The lowest BCUT2D eigenvalue weighted by Gasteiger charge is -2.18. The maximum absolute atomic E-state index is 5.97. The molecule has 0 saturated heterocycles. The number of ether oxygens (including phenoxy) is 1.